The van der Waals surface area contributed by atoms with E-state index in [1.165, 1.54) is 0 Å². The van der Waals surface area contributed by atoms with Gasteiger partial charge in [-0.05, 0) is 40.6 Å². The highest BCUT2D eigenvalue weighted by atomic mass is 35.5. The van der Waals surface area contributed by atoms with E-state index in [4.69, 9.17) is 16.0 Å². The summed E-state index contributed by atoms with van der Waals surface area (Å²) in [7, 11) is 0. The minimum atomic E-state index is -0.0346. The summed E-state index contributed by atoms with van der Waals surface area (Å²) in [6.07, 6.45) is 0.301. The summed E-state index contributed by atoms with van der Waals surface area (Å²) >= 11 is 5.87. The van der Waals surface area contributed by atoms with Crippen molar-refractivity contribution in [1.82, 2.24) is 0 Å². The third kappa shape index (κ3) is 2.62. The highest BCUT2D eigenvalue weighted by molar-refractivity contribution is 6.30. The van der Waals surface area contributed by atoms with E-state index >= 15 is 0 Å². The Morgan fingerprint density at radius 3 is 2.52 bits per heavy atom. The van der Waals surface area contributed by atoms with Crippen LogP contribution in [0.1, 0.15) is 16.1 Å². The number of fused-ring (bicyclic) bond motifs is 3. The highest BCUT2D eigenvalue weighted by Gasteiger charge is 2.14. The van der Waals surface area contributed by atoms with E-state index in [0.29, 0.717) is 17.2 Å². The van der Waals surface area contributed by atoms with Crippen LogP contribution in [0.25, 0.3) is 21.7 Å². The lowest BCUT2D eigenvalue weighted by molar-refractivity contribution is 0.0968. The van der Waals surface area contributed by atoms with Gasteiger partial charge in [-0.15, -0.1) is 0 Å². The molecule has 0 saturated heterocycles. The van der Waals surface area contributed by atoms with Crippen LogP contribution in [0, 0.1) is 0 Å². The molecule has 0 aliphatic rings. The van der Waals surface area contributed by atoms with Crippen molar-refractivity contribution >= 4 is 39.1 Å². The van der Waals surface area contributed by atoms with Crippen LogP contribution in [-0.4, -0.2) is 5.78 Å². The Bertz CT molecular complexity index is 1010. The van der Waals surface area contributed by atoms with Crippen LogP contribution >= 0.6 is 11.6 Å². The molecular formula is C20H13ClO2. The second-order valence-corrected chi connectivity index (χ2v) is 5.97. The van der Waals surface area contributed by atoms with E-state index in [9.17, 15) is 4.79 Å². The highest BCUT2D eigenvalue weighted by Crippen LogP contribution is 2.28. The predicted molar refractivity (Wildman–Crippen MR) is 93.2 cm³/mol. The Labute approximate surface area is 138 Å². The lowest BCUT2D eigenvalue weighted by Gasteiger charge is -1.98. The summed E-state index contributed by atoms with van der Waals surface area (Å²) in [4.78, 5) is 12.5. The summed E-state index contributed by atoms with van der Waals surface area (Å²) in [6, 6.07) is 21.1. The van der Waals surface area contributed by atoms with Crippen molar-refractivity contribution in [3.05, 3.63) is 83.1 Å². The fraction of sp³-hybridized carbons (Fsp3) is 0.0500. The lowest BCUT2D eigenvalue weighted by Crippen LogP contribution is -2.01. The summed E-state index contributed by atoms with van der Waals surface area (Å²) < 4.78 is 5.76. The zero-order chi connectivity index (χ0) is 15.8. The minimum Gasteiger partial charge on any atom is -0.453 e. The van der Waals surface area contributed by atoms with Crippen LogP contribution in [0.2, 0.25) is 5.02 Å². The number of rotatable bonds is 3. The molecule has 0 spiro atoms. The van der Waals surface area contributed by atoms with Gasteiger partial charge < -0.3 is 4.42 Å². The van der Waals surface area contributed by atoms with Gasteiger partial charge in [0.05, 0.1) is 0 Å². The number of benzene rings is 3. The molecule has 4 rings (SSSR count). The van der Waals surface area contributed by atoms with Crippen LogP contribution in [0.15, 0.2) is 71.1 Å². The molecule has 0 amide bonds. The van der Waals surface area contributed by atoms with Gasteiger partial charge >= 0.3 is 0 Å². The number of hydrogen-bond donors (Lipinski definition) is 0. The third-order valence-electron chi connectivity index (χ3n) is 3.98. The van der Waals surface area contributed by atoms with Gasteiger partial charge in [0.25, 0.3) is 0 Å². The maximum absolute atomic E-state index is 12.5. The van der Waals surface area contributed by atoms with Crippen LogP contribution in [-0.2, 0) is 6.42 Å². The molecule has 0 atom stereocenters. The van der Waals surface area contributed by atoms with E-state index in [2.05, 4.69) is 6.07 Å². The summed E-state index contributed by atoms with van der Waals surface area (Å²) in [5.74, 6) is 0.360. The van der Waals surface area contributed by atoms with Gasteiger partial charge in [0, 0.05) is 16.8 Å². The average molecular weight is 321 g/mol. The van der Waals surface area contributed by atoms with Crippen LogP contribution < -0.4 is 0 Å². The molecule has 0 radical (unpaired) electrons. The Morgan fingerprint density at radius 2 is 1.70 bits per heavy atom. The molecule has 0 bridgehead atoms. The smallest absolute Gasteiger partial charge is 0.202 e. The van der Waals surface area contributed by atoms with E-state index in [-0.39, 0.29) is 5.78 Å². The fourth-order valence-corrected chi connectivity index (χ4v) is 2.93. The molecule has 2 nitrogen and oxygen atoms in total. The normalized spacial score (nSPS) is 11.2. The summed E-state index contributed by atoms with van der Waals surface area (Å²) in [6.45, 7) is 0. The molecule has 0 N–H and O–H groups in total. The first-order valence-electron chi connectivity index (χ1n) is 7.40. The number of carbonyl (C=O) groups is 1. The largest absolute Gasteiger partial charge is 0.453 e. The second-order valence-electron chi connectivity index (χ2n) is 5.54. The van der Waals surface area contributed by atoms with E-state index < -0.39 is 0 Å². The minimum absolute atomic E-state index is 0.0346. The van der Waals surface area contributed by atoms with Crippen molar-refractivity contribution in [2.45, 2.75) is 6.42 Å². The Hall–Kier alpha value is -2.58. The topological polar surface area (TPSA) is 30.2 Å². The number of hydrogen-bond acceptors (Lipinski definition) is 2. The maximum atomic E-state index is 12.5. The average Bonchev–Trinajstić information content (AvgIpc) is 3.02. The predicted octanol–water partition coefficient (Wildman–Crippen LogP) is 5.66. The summed E-state index contributed by atoms with van der Waals surface area (Å²) in [5.41, 5.74) is 1.66. The quantitative estimate of drug-likeness (QED) is 0.456. The Kier molecular flexibility index (Phi) is 3.40. The van der Waals surface area contributed by atoms with Crippen molar-refractivity contribution in [2.24, 2.45) is 0 Å². The Balaban J connectivity index is 1.72. The first-order chi connectivity index (χ1) is 11.2. The first-order valence-corrected chi connectivity index (χ1v) is 7.77. The molecule has 0 fully saturated rings. The molecule has 112 valence electrons. The number of halogens is 1. The molecule has 0 saturated carbocycles. The van der Waals surface area contributed by atoms with E-state index in [1.54, 1.807) is 12.1 Å². The monoisotopic (exact) mass is 320 g/mol. The molecular weight excluding hydrogens is 308 g/mol. The van der Waals surface area contributed by atoms with Crippen molar-refractivity contribution in [2.75, 3.05) is 0 Å². The molecule has 23 heavy (non-hydrogen) atoms. The van der Waals surface area contributed by atoms with Gasteiger partial charge in [0.15, 0.2) is 5.76 Å². The van der Waals surface area contributed by atoms with Crippen molar-refractivity contribution in [3.63, 3.8) is 0 Å². The van der Waals surface area contributed by atoms with Gasteiger partial charge in [-0.2, -0.15) is 0 Å². The van der Waals surface area contributed by atoms with Crippen LogP contribution in [0.5, 0.6) is 0 Å². The Morgan fingerprint density at radius 1 is 0.913 bits per heavy atom. The second kappa shape index (κ2) is 5.56. The molecule has 1 heterocycles. The van der Waals surface area contributed by atoms with Crippen LogP contribution in [0.4, 0.5) is 0 Å². The molecule has 0 aliphatic heterocycles. The van der Waals surface area contributed by atoms with Gasteiger partial charge in [-0.1, -0.05) is 54.1 Å². The number of furan rings is 1. The molecule has 0 aliphatic carbocycles. The van der Waals surface area contributed by atoms with Crippen LogP contribution in [0.3, 0.4) is 0 Å². The van der Waals surface area contributed by atoms with Gasteiger partial charge in [-0.25, -0.2) is 0 Å². The standard InChI is InChI=1S/C20H13ClO2/c21-15-8-5-13(6-9-15)11-18(22)20-12-17-16-4-2-1-3-14(16)7-10-19(17)23-20/h1-10,12H,11H2. The number of carbonyl (C=O) groups excluding carboxylic acids is 1. The molecule has 4 aromatic rings. The zero-order valence-electron chi connectivity index (χ0n) is 12.3. The first kappa shape index (κ1) is 14.0. The molecule has 1 aromatic heterocycles. The van der Waals surface area contributed by atoms with Gasteiger partial charge in [0.2, 0.25) is 5.78 Å². The zero-order valence-corrected chi connectivity index (χ0v) is 13.0. The summed E-state index contributed by atoms with van der Waals surface area (Å²) in [5, 5.41) is 3.87. The molecule has 3 heteroatoms. The van der Waals surface area contributed by atoms with E-state index in [0.717, 1.165) is 27.3 Å². The maximum Gasteiger partial charge on any atom is 0.202 e. The number of ketones is 1. The van der Waals surface area contributed by atoms with Crippen molar-refractivity contribution in [3.8, 4) is 0 Å². The SMILES string of the molecule is O=C(Cc1ccc(Cl)cc1)c1cc2c(ccc3ccccc32)o1. The molecule has 0 unspecified atom stereocenters. The van der Waals surface area contributed by atoms with Crippen molar-refractivity contribution in [1.29, 1.82) is 0 Å². The fourth-order valence-electron chi connectivity index (χ4n) is 2.80. The number of Topliss-reactive ketones (excluding diaryl/α,β-unsaturated/α-hetero) is 1. The lowest BCUT2D eigenvalue weighted by atomic mass is 10.1. The van der Waals surface area contributed by atoms with Crippen molar-refractivity contribution < 1.29 is 9.21 Å². The van der Waals surface area contributed by atoms with E-state index in [1.807, 2.05) is 48.5 Å². The van der Waals surface area contributed by atoms with Gasteiger partial charge in [0.1, 0.15) is 5.58 Å². The molecule has 3 aromatic carbocycles. The van der Waals surface area contributed by atoms with Gasteiger partial charge in [-0.3, -0.25) is 4.79 Å². The third-order valence-corrected chi connectivity index (χ3v) is 4.23.